The maximum Gasteiger partial charge on any atom is 0.240 e. The maximum atomic E-state index is 11.7. The van der Waals surface area contributed by atoms with Crippen molar-refractivity contribution in [2.24, 2.45) is 0 Å². The van der Waals surface area contributed by atoms with E-state index >= 15 is 0 Å². The lowest BCUT2D eigenvalue weighted by molar-refractivity contribution is -0.117. The van der Waals surface area contributed by atoms with Gasteiger partial charge < -0.3 is 5.32 Å². The Morgan fingerprint density at radius 3 is 2.06 bits per heavy atom. The van der Waals surface area contributed by atoms with Crippen molar-refractivity contribution < 1.29 is 4.79 Å². The molecule has 1 aromatic rings. The lowest BCUT2D eigenvalue weighted by Crippen LogP contribution is -2.31. The van der Waals surface area contributed by atoms with Crippen LogP contribution < -0.4 is 5.32 Å². The summed E-state index contributed by atoms with van der Waals surface area (Å²) in [5.74, 6) is -0.237. The Kier molecular flexibility index (Phi) is 4.52. The van der Waals surface area contributed by atoms with Crippen LogP contribution in [0.1, 0.15) is 13.8 Å². The molecule has 0 aromatic heterocycles. The predicted molar refractivity (Wildman–Crippen MR) is 73.1 cm³/mol. The minimum Gasteiger partial charge on any atom is -0.322 e. The van der Waals surface area contributed by atoms with Gasteiger partial charge in [0.2, 0.25) is 5.91 Å². The summed E-state index contributed by atoms with van der Waals surface area (Å²) in [6, 6.07) is 3.04. The normalized spacial score (nSPS) is 11.4. The molecule has 0 unspecified atom stereocenters. The fourth-order valence-electron chi connectivity index (χ4n) is 0.924. The van der Waals surface area contributed by atoms with Crippen molar-refractivity contribution in [3.63, 3.8) is 0 Å². The molecule has 0 aliphatic rings. The largest absolute Gasteiger partial charge is 0.322 e. The SMILES string of the molecule is CC(C)(Br)C(=O)Nc1c(Cl)cc(Cl)cc1Cl. The van der Waals surface area contributed by atoms with E-state index < -0.39 is 4.32 Å². The number of amides is 1. The molecular weight excluding hydrogens is 336 g/mol. The van der Waals surface area contributed by atoms with Gasteiger partial charge in [0.05, 0.1) is 20.1 Å². The van der Waals surface area contributed by atoms with Gasteiger partial charge in [-0.2, -0.15) is 0 Å². The van der Waals surface area contributed by atoms with Crippen molar-refractivity contribution in [1.29, 1.82) is 0 Å². The first-order valence-electron chi connectivity index (χ1n) is 4.36. The molecule has 0 saturated carbocycles. The van der Waals surface area contributed by atoms with Crippen molar-refractivity contribution in [2.75, 3.05) is 5.32 Å². The van der Waals surface area contributed by atoms with E-state index in [0.29, 0.717) is 20.8 Å². The molecule has 0 fully saturated rings. The van der Waals surface area contributed by atoms with Gasteiger partial charge in [-0.1, -0.05) is 50.7 Å². The molecule has 0 saturated heterocycles. The molecular formula is C10H9BrCl3NO. The van der Waals surface area contributed by atoms with Crippen LogP contribution >= 0.6 is 50.7 Å². The van der Waals surface area contributed by atoms with Gasteiger partial charge in [-0.25, -0.2) is 0 Å². The number of hydrogen-bond acceptors (Lipinski definition) is 1. The van der Waals surface area contributed by atoms with Crippen LogP contribution in [0.25, 0.3) is 0 Å². The van der Waals surface area contributed by atoms with Crippen LogP contribution in [-0.4, -0.2) is 10.2 Å². The second kappa shape index (κ2) is 5.13. The molecule has 0 atom stereocenters. The highest BCUT2D eigenvalue weighted by Gasteiger charge is 2.25. The Hall–Kier alpha value is 0.0400. The molecule has 6 heteroatoms. The molecule has 0 aliphatic heterocycles. The Bertz CT molecular complexity index is 406. The molecule has 1 amide bonds. The molecule has 0 bridgehead atoms. The quantitative estimate of drug-likeness (QED) is 0.770. The molecule has 1 rings (SSSR count). The average Bonchev–Trinajstić information content (AvgIpc) is 2.08. The van der Waals surface area contributed by atoms with E-state index in [1.165, 1.54) is 12.1 Å². The Morgan fingerprint density at radius 2 is 1.69 bits per heavy atom. The first kappa shape index (κ1) is 14.1. The zero-order valence-corrected chi connectivity index (χ0v) is 12.4. The van der Waals surface area contributed by atoms with Crippen LogP contribution in [-0.2, 0) is 4.79 Å². The Labute approximate surface area is 117 Å². The first-order chi connectivity index (χ1) is 7.21. The average molecular weight is 345 g/mol. The summed E-state index contributed by atoms with van der Waals surface area (Å²) in [7, 11) is 0. The van der Waals surface area contributed by atoms with Crippen molar-refractivity contribution in [3.05, 3.63) is 27.2 Å². The van der Waals surface area contributed by atoms with Crippen LogP contribution in [0.15, 0.2) is 12.1 Å². The first-order valence-corrected chi connectivity index (χ1v) is 6.29. The molecule has 0 aliphatic carbocycles. The third kappa shape index (κ3) is 3.52. The number of rotatable bonds is 2. The van der Waals surface area contributed by atoms with Crippen LogP contribution in [0.3, 0.4) is 0 Å². The van der Waals surface area contributed by atoms with E-state index in [1.807, 2.05) is 0 Å². The fraction of sp³-hybridized carbons (Fsp3) is 0.300. The Balaban J connectivity index is 3.03. The summed E-state index contributed by atoms with van der Waals surface area (Å²) in [5, 5.41) is 3.68. The van der Waals surface area contributed by atoms with Gasteiger partial charge in [0.25, 0.3) is 0 Å². The number of anilines is 1. The third-order valence-corrected chi connectivity index (χ3v) is 2.96. The van der Waals surface area contributed by atoms with Crippen LogP contribution in [0.5, 0.6) is 0 Å². The zero-order chi connectivity index (χ0) is 12.5. The zero-order valence-electron chi connectivity index (χ0n) is 8.57. The summed E-state index contributed by atoms with van der Waals surface area (Å²) in [4.78, 5) is 11.7. The van der Waals surface area contributed by atoms with Gasteiger partial charge in [0, 0.05) is 5.02 Å². The summed E-state index contributed by atoms with van der Waals surface area (Å²) in [6.07, 6.45) is 0. The highest BCUT2D eigenvalue weighted by atomic mass is 79.9. The van der Waals surface area contributed by atoms with Crippen LogP contribution in [0.4, 0.5) is 5.69 Å². The van der Waals surface area contributed by atoms with Gasteiger partial charge >= 0.3 is 0 Å². The fourth-order valence-corrected chi connectivity index (χ4v) is 1.93. The van der Waals surface area contributed by atoms with Crippen molar-refractivity contribution in [3.8, 4) is 0 Å². The highest BCUT2D eigenvalue weighted by Crippen LogP contribution is 2.34. The van der Waals surface area contributed by atoms with E-state index in [2.05, 4.69) is 21.2 Å². The summed E-state index contributed by atoms with van der Waals surface area (Å²) < 4.78 is -0.695. The molecule has 2 nitrogen and oxygen atoms in total. The number of hydrogen-bond donors (Lipinski definition) is 1. The number of nitrogens with one attached hydrogen (secondary N) is 1. The Morgan fingerprint density at radius 1 is 1.25 bits per heavy atom. The number of halogens is 4. The monoisotopic (exact) mass is 343 g/mol. The van der Waals surface area contributed by atoms with E-state index in [9.17, 15) is 4.79 Å². The second-order valence-corrected chi connectivity index (χ2v) is 6.90. The lowest BCUT2D eigenvalue weighted by Gasteiger charge is -2.17. The van der Waals surface area contributed by atoms with E-state index in [1.54, 1.807) is 13.8 Å². The highest BCUT2D eigenvalue weighted by molar-refractivity contribution is 9.10. The van der Waals surface area contributed by atoms with Gasteiger partial charge in [-0.15, -0.1) is 0 Å². The summed E-state index contributed by atoms with van der Waals surface area (Å²) in [6.45, 7) is 3.44. The van der Waals surface area contributed by atoms with Gasteiger partial charge in [-0.3, -0.25) is 4.79 Å². The van der Waals surface area contributed by atoms with Crippen LogP contribution in [0.2, 0.25) is 15.1 Å². The summed E-state index contributed by atoms with van der Waals surface area (Å²) >= 11 is 20.9. The number of carbonyl (C=O) groups is 1. The minimum absolute atomic E-state index is 0.237. The molecule has 16 heavy (non-hydrogen) atoms. The third-order valence-electron chi connectivity index (χ3n) is 1.79. The second-order valence-electron chi connectivity index (χ2n) is 3.67. The number of carbonyl (C=O) groups excluding carboxylic acids is 1. The molecule has 1 N–H and O–H groups in total. The van der Waals surface area contributed by atoms with Gasteiger partial charge in [0.1, 0.15) is 0 Å². The molecule has 0 heterocycles. The van der Waals surface area contributed by atoms with E-state index in [0.717, 1.165) is 0 Å². The van der Waals surface area contributed by atoms with E-state index in [4.69, 9.17) is 34.8 Å². The van der Waals surface area contributed by atoms with Gasteiger partial charge in [-0.05, 0) is 26.0 Å². The lowest BCUT2D eigenvalue weighted by atomic mass is 10.2. The van der Waals surface area contributed by atoms with Crippen molar-refractivity contribution >= 4 is 62.3 Å². The predicted octanol–water partition coefficient (Wildman–Crippen LogP) is 4.76. The molecule has 0 radical (unpaired) electrons. The van der Waals surface area contributed by atoms with Gasteiger partial charge in [0.15, 0.2) is 0 Å². The molecule has 1 aromatic carbocycles. The minimum atomic E-state index is -0.695. The van der Waals surface area contributed by atoms with Crippen molar-refractivity contribution in [1.82, 2.24) is 0 Å². The van der Waals surface area contributed by atoms with Crippen molar-refractivity contribution in [2.45, 2.75) is 18.2 Å². The maximum absolute atomic E-state index is 11.7. The molecule has 88 valence electrons. The standard InChI is InChI=1S/C10H9BrCl3NO/c1-10(2,11)9(16)15-8-6(13)3-5(12)4-7(8)14/h3-4H,1-2H3,(H,15,16). The smallest absolute Gasteiger partial charge is 0.240 e. The number of alkyl halides is 1. The number of benzene rings is 1. The van der Waals surface area contributed by atoms with E-state index in [-0.39, 0.29) is 5.91 Å². The summed E-state index contributed by atoms with van der Waals surface area (Å²) in [5.41, 5.74) is 0.366. The van der Waals surface area contributed by atoms with Crippen LogP contribution in [0, 0.1) is 0 Å². The topological polar surface area (TPSA) is 29.1 Å². The molecule has 0 spiro atoms.